The first kappa shape index (κ1) is 11.9. The Morgan fingerprint density at radius 1 is 1.64 bits per heavy atom. The predicted molar refractivity (Wildman–Crippen MR) is 54.5 cm³/mol. The standard InChI is InChI=1S/C8H18N2O3S/c1-7(11)6-10(2)14(12,13)8-3-4-9-5-8/h7-9,11H,3-6H2,1-2H3. The molecule has 1 saturated heterocycles. The number of nitrogens with one attached hydrogen (secondary N) is 1. The summed E-state index contributed by atoms with van der Waals surface area (Å²) < 4.78 is 24.9. The molecule has 0 aromatic carbocycles. The van der Waals surface area contributed by atoms with Gasteiger partial charge in [0, 0.05) is 20.1 Å². The van der Waals surface area contributed by atoms with Crippen molar-refractivity contribution in [3.63, 3.8) is 0 Å². The molecule has 0 saturated carbocycles. The van der Waals surface area contributed by atoms with Crippen LogP contribution in [0.1, 0.15) is 13.3 Å². The van der Waals surface area contributed by atoms with Crippen LogP contribution < -0.4 is 5.32 Å². The van der Waals surface area contributed by atoms with Crippen LogP contribution in [-0.4, -0.2) is 55.9 Å². The summed E-state index contributed by atoms with van der Waals surface area (Å²) in [6.45, 7) is 3.02. The van der Waals surface area contributed by atoms with Crippen molar-refractivity contribution in [1.82, 2.24) is 9.62 Å². The van der Waals surface area contributed by atoms with Crippen LogP contribution in [0.2, 0.25) is 0 Å². The van der Waals surface area contributed by atoms with Gasteiger partial charge in [-0.05, 0) is 19.9 Å². The highest BCUT2D eigenvalue weighted by Gasteiger charge is 2.32. The highest BCUT2D eigenvalue weighted by molar-refractivity contribution is 7.89. The van der Waals surface area contributed by atoms with Crippen LogP contribution in [0.3, 0.4) is 0 Å². The first-order valence-corrected chi connectivity index (χ1v) is 6.29. The van der Waals surface area contributed by atoms with Crippen molar-refractivity contribution in [2.24, 2.45) is 0 Å². The van der Waals surface area contributed by atoms with Gasteiger partial charge in [-0.2, -0.15) is 0 Å². The Bertz CT molecular complexity index is 270. The molecule has 2 atom stereocenters. The van der Waals surface area contributed by atoms with E-state index < -0.39 is 16.1 Å². The molecule has 0 bridgehead atoms. The SMILES string of the molecule is CC(O)CN(C)S(=O)(=O)C1CCNC1. The Balaban J connectivity index is 2.63. The van der Waals surface area contributed by atoms with Gasteiger partial charge in [0.15, 0.2) is 0 Å². The lowest BCUT2D eigenvalue weighted by Gasteiger charge is -2.22. The zero-order valence-corrected chi connectivity index (χ0v) is 9.42. The Labute approximate surface area is 85.2 Å². The number of hydrogen-bond acceptors (Lipinski definition) is 4. The molecule has 0 radical (unpaired) electrons. The quantitative estimate of drug-likeness (QED) is 0.639. The van der Waals surface area contributed by atoms with Gasteiger partial charge in [-0.25, -0.2) is 12.7 Å². The molecule has 2 unspecified atom stereocenters. The molecule has 6 heteroatoms. The van der Waals surface area contributed by atoms with Crippen LogP contribution in [0.4, 0.5) is 0 Å². The highest BCUT2D eigenvalue weighted by atomic mass is 32.2. The molecule has 0 spiro atoms. The Morgan fingerprint density at radius 2 is 2.29 bits per heavy atom. The third-order valence-electron chi connectivity index (χ3n) is 2.39. The van der Waals surface area contributed by atoms with Crippen molar-refractivity contribution in [2.45, 2.75) is 24.7 Å². The van der Waals surface area contributed by atoms with E-state index in [1.165, 1.54) is 11.4 Å². The topological polar surface area (TPSA) is 69.6 Å². The number of aliphatic hydroxyl groups is 1. The molecule has 1 rings (SSSR count). The molecule has 1 aliphatic heterocycles. The van der Waals surface area contributed by atoms with E-state index in [0.717, 1.165) is 6.54 Å². The largest absolute Gasteiger partial charge is 0.392 e. The lowest BCUT2D eigenvalue weighted by Crippen LogP contribution is -2.40. The lowest BCUT2D eigenvalue weighted by atomic mass is 10.4. The minimum atomic E-state index is -3.22. The van der Waals surface area contributed by atoms with Crippen LogP contribution in [0, 0.1) is 0 Å². The summed E-state index contributed by atoms with van der Waals surface area (Å²) in [5.74, 6) is 0. The highest BCUT2D eigenvalue weighted by Crippen LogP contribution is 2.13. The fourth-order valence-electron chi connectivity index (χ4n) is 1.61. The summed E-state index contributed by atoms with van der Waals surface area (Å²) >= 11 is 0. The van der Waals surface area contributed by atoms with Crippen LogP contribution in [0.5, 0.6) is 0 Å². The normalized spacial score (nSPS) is 25.6. The molecule has 84 valence electrons. The molecule has 1 heterocycles. The Hall–Kier alpha value is -0.170. The maximum atomic E-state index is 11.8. The van der Waals surface area contributed by atoms with Crippen molar-refractivity contribution in [2.75, 3.05) is 26.7 Å². The Kier molecular flexibility index (Phi) is 3.88. The second-order valence-electron chi connectivity index (χ2n) is 3.79. The van der Waals surface area contributed by atoms with E-state index in [1.54, 1.807) is 6.92 Å². The molecule has 1 fully saturated rings. The monoisotopic (exact) mass is 222 g/mol. The van der Waals surface area contributed by atoms with Gasteiger partial charge in [0.25, 0.3) is 0 Å². The molecular formula is C8H18N2O3S. The van der Waals surface area contributed by atoms with E-state index in [9.17, 15) is 8.42 Å². The molecule has 2 N–H and O–H groups in total. The first-order chi connectivity index (χ1) is 6.44. The van der Waals surface area contributed by atoms with Crippen molar-refractivity contribution in [1.29, 1.82) is 0 Å². The van der Waals surface area contributed by atoms with E-state index in [4.69, 9.17) is 5.11 Å². The molecule has 0 aromatic rings. The maximum Gasteiger partial charge on any atom is 0.218 e. The van der Waals surface area contributed by atoms with Gasteiger partial charge in [0.05, 0.1) is 11.4 Å². The maximum absolute atomic E-state index is 11.8. The molecule has 0 amide bonds. The van der Waals surface area contributed by atoms with Gasteiger partial charge in [-0.1, -0.05) is 0 Å². The first-order valence-electron chi connectivity index (χ1n) is 4.78. The molecular weight excluding hydrogens is 204 g/mol. The average molecular weight is 222 g/mol. The number of aliphatic hydroxyl groups excluding tert-OH is 1. The molecule has 0 aliphatic carbocycles. The number of hydrogen-bond donors (Lipinski definition) is 2. The number of likely N-dealkylation sites (N-methyl/N-ethyl adjacent to an activating group) is 1. The van der Waals surface area contributed by atoms with E-state index in [2.05, 4.69) is 5.32 Å². The molecule has 0 aromatic heterocycles. The van der Waals surface area contributed by atoms with Gasteiger partial charge in [-0.3, -0.25) is 0 Å². The second kappa shape index (κ2) is 4.57. The minimum absolute atomic E-state index is 0.166. The van der Waals surface area contributed by atoms with Crippen molar-refractivity contribution >= 4 is 10.0 Å². The zero-order valence-electron chi connectivity index (χ0n) is 8.60. The van der Waals surface area contributed by atoms with E-state index >= 15 is 0 Å². The fourth-order valence-corrected chi connectivity index (χ4v) is 3.29. The van der Waals surface area contributed by atoms with Crippen LogP contribution >= 0.6 is 0 Å². The third kappa shape index (κ3) is 2.66. The van der Waals surface area contributed by atoms with E-state index in [0.29, 0.717) is 13.0 Å². The van der Waals surface area contributed by atoms with Crippen LogP contribution in [0.15, 0.2) is 0 Å². The van der Waals surface area contributed by atoms with Gasteiger partial charge in [0.2, 0.25) is 10.0 Å². The van der Waals surface area contributed by atoms with Gasteiger partial charge >= 0.3 is 0 Å². The molecule has 14 heavy (non-hydrogen) atoms. The minimum Gasteiger partial charge on any atom is -0.392 e. The summed E-state index contributed by atoms with van der Waals surface area (Å²) in [6.07, 6.45) is 0.0380. The van der Waals surface area contributed by atoms with E-state index in [1.807, 2.05) is 0 Å². The average Bonchev–Trinajstić information content (AvgIpc) is 2.54. The summed E-state index contributed by atoms with van der Waals surface area (Å²) in [6, 6.07) is 0. The smallest absolute Gasteiger partial charge is 0.218 e. The molecule has 1 aliphatic rings. The number of rotatable bonds is 4. The van der Waals surface area contributed by atoms with Crippen molar-refractivity contribution in [3.05, 3.63) is 0 Å². The van der Waals surface area contributed by atoms with E-state index in [-0.39, 0.29) is 11.8 Å². The summed E-state index contributed by atoms with van der Waals surface area (Å²) in [5.41, 5.74) is 0. The Morgan fingerprint density at radius 3 is 2.71 bits per heavy atom. The van der Waals surface area contributed by atoms with Gasteiger partial charge in [-0.15, -0.1) is 0 Å². The summed E-state index contributed by atoms with van der Waals surface area (Å²) in [5, 5.41) is 11.8. The van der Waals surface area contributed by atoms with Crippen molar-refractivity contribution in [3.8, 4) is 0 Å². The number of sulfonamides is 1. The second-order valence-corrected chi connectivity index (χ2v) is 6.11. The third-order valence-corrected chi connectivity index (χ3v) is 4.65. The lowest BCUT2D eigenvalue weighted by molar-refractivity contribution is 0.171. The molecule has 5 nitrogen and oxygen atoms in total. The van der Waals surface area contributed by atoms with Gasteiger partial charge < -0.3 is 10.4 Å². The zero-order chi connectivity index (χ0) is 10.8. The van der Waals surface area contributed by atoms with Crippen LogP contribution in [-0.2, 0) is 10.0 Å². The summed E-state index contributed by atoms with van der Waals surface area (Å²) in [4.78, 5) is 0. The van der Waals surface area contributed by atoms with Gasteiger partial charge in [0.1, 0.15) is 0 Å². The fraction of sp³-hybridized carbons (Fsp3) is 1.00. The predicted octanol–water partition coefficient (Wildman–Crippen LogP) is -1.01. The summed E-state index contributed by atoms with van der Waals surface area (Å²) in [7, 11) is -1.71. The number of nitrogens with zero attached hydrogens (tertiary/aromatic N) is 1. The van der Waals surface area contributed by atoms with Crippen molar-refractivity contribution < 1.29 is 13.5 Å². The van der Waals surface area contributed by atoms with Crippen LogP contribution in [0.25, 0.3) is 0 Å².